The Morgan fingerprint density at radius 1 is 1.10 bits per heavy atom. The zero-order valence-corrected chi connectivity index (χ0v) is 16.7. The predicted molar refractivity (Wildman–Crippen MR) is 102 cm³/mol. The Bertz CT molecular complexity index is 1010. The molecule has 0 amide bonds. The average molecular weight is 401 g/mol. The Kier molecular flexibility index (Phi) is 4.36. The molecular formula is C21H23NO7. The van der Waals surface area contributed by atoms with E-state index in [9.17, 15) is 10.2 Å². The third-order valence-electron chi connectivity index (χ3n) is 5.82. The summed E-state index contributed by atoms with van der Waals surface area (Å²) in [5.74, 6) is -0.371. The number of ether oxygens (including phenoxy) is 4. The first-order valence-corrected chi connectivity index (χ1v) is 8.99. The van der Waals surface area contributed by atoms with Gasteiger partial charge in [-0.1, -0.05) is 11.2 Å². The van der Waals surface area contributed by atoms with Gasteiger partial charge in [-0.15, -0.1) is 6.58 Å². The molecule has 4 rings (SSSR count). The number of nitrogens with zero attached hydrogens (tertiary/aromatic N) is 1. The van der Waals surface area contributed by atoms with Gasteiger partial charge in [0.15, 0.2) is 0 Å². The maximum Gasteiger partial charge on any atom is 0.251 e. The van der Waals surface area contributed by atoms with Crippen molar-refractivity contribution in [2.45, 2.75) is 23.4 Å². The van der Waals surface area contributed by atoms with Crippen LogP contribution in [-0.4, -0.2) is 43.8 Å². The second-order valence-corrected chi connectivity index (χ2v) is 7.02. The monoisotopic (exact) mass is 401 g/mol. The van der Waals surface area contributed by atoms with E-state index >= 15 is 0 Å². The number of fused-ring (bicyclic) bond motifs is 2. The molecule has 2 N–H and O–H groups in total. The Morgan fingerprint density at radius 2 is 1.83 bits per heavy atom. The zero-order chi connectivity index (χ0) is 21.0. The van der Waals surface area contributed by atoms with Crippen molar-refractivity contribution in [2.24, 2.45) is 0 Å². The van der Waals surface area contributed by atoms with Crippen molar-refractivity contribution in [2.75, 3.05) is 28.4 Å². The molecule has 1 aromatic heterocycles. The molecule has 0 fully saturated rings. The second-order valence-electron chi connectivity index (χ2n) is 7.02. The molecule has 8 nitrogen and oxygen atoms in total. The van der Waals surface area contributed by atoms with Crippen LogP contribution in [0, 0.1) is 0 Å². The highest BCUT2D eigenvalue weighted by molar-refractivity contribution is 5.81. The van der Waals surface area contributed by atoms with Crippen LogP contribution in [0.5, 0.6) is 11.5 Å². The average Bonchev–Trinajstić information content (AvgIpc) is 3.19. The topological polar surface area (TPSA) is 103 Å². The minimum absolute atomic E-state index is 0.0359. The molecule has 1 aromatic carbocycles. The van der Waals surface area contributed by atoms with Crippen molar-refractivity contribution >= 4 is 0 Å². The van der Waals surface area contributed by atoms with E-state index < -0.39 is 17.0 Å². The number of benzene rings is 1. The number of rotatable bonds is 6. The van der Waals surface area contributed by atoms with E-state index in [2.05, 4.69) is 11.7 Å². The lowest BCUT2D eigenvalue weighted by Crippen LogP contribution is -2.53. The molecule has 0 bridgehead atoms. The Hall–Kier alpha value is -2.65. The lowest BCUT2D eigenvalue weighted by atomic mass is 9.63. The summed E-state index contributed by atoms with van der Waals surface area (Å²) in [6, 6.07) is 3.33. The SMILES string of the molecule is C=CC[C@]1(O)c2cc(OC)cc(OC)c2-c2noc3c2[C@]1(O)C=CC3(OC)OC. The lowest BCUT2D eigenvalue weighted by molar-refractivity contribution is -0.204. The van der Waals surface area contributed by atoms with E-state index in [0.29, 0.717) is 28.3 Å². The van der Waals surface area contributed by atoms with Crippen LogP contribution in [0.4, 0.5) is 0 Å². The number of aliphatic hydroxyl groups is 2. The van der Waals surface area contributed by atoms with Gasteiger partial charge in [0.25, 0.3) is 5.79 Å². The highest BCUT2D eigenvalue weighted by atomic mass is 16.7. The third-order valence-corrected chi connectivity index (χ3v) is 5.82. The van der Waals surface area contributed by atoms with Crippen molar-refractivity contribution in [3.05, 3.63) is 53.8 Å². The second kappa shape index (κ2) is 6.43. The summed E-state index contributed by atoms with van der Waals surface area (Å²) in [6.07, 6.45) is 4.52. The molecule has 0 unspecified atom stereocenters. The first-order chi connectivity index (χ1) is 13.9. The van der Waals surface area contributed by atoms with Crippen LogP contribution in [0.3, 0.4) is 0 Å². The first-order valence-electron chi connectivity index (χ1n) is 8.99. The Balaban J connectivity index is 2.15. The van der Waals surface area contributed by atoms with Crippen LogP contribution >= 0.6 is 0 Å². The predicted octanol–water partition coefficient (Wildman–Crippen LogP) is 2.34. The van der Waals surface area contributed by atoms with Gasteiger partial charge in [-0.2, -0.15) is 0 Å². The van der Waals surface area contributed by atoms with E-state index in [1.165, 1.54) is 46.7 Å². The molecular weight excluding hydrogens is 378 g/mol. The number of hydrogen-bond donors (Lipinski definition) is 2. The summed E-state index contributed by atoms with van der Waals surface area (Å²) in [5.41, 5.74) is -2.23. The van der Waals surface area contributed by atoms with Crippen molar-refractivity contribution < 1.29 is 33.7 Å². The molecule has 1 heterocycles. The van der Waals surface area contributed by atoms with Gasteiger partial charge in [0, 0.05) is 32.3 Å². The van der Waals surface area contributed by atoms with Crippen molar-refractivity contribution in [3.63, 3.8) is 0 Å². The molecule has 29 heavy (non-hydrogen) atoms. The van der Waals surface area contributed by atoms with Crippen LogP contribution in [0.2, 0.25) is 0 Å². The molecule has 2 aliphatic carbocycles. The maximum absolute atomic E-state index is 11.9. The van der Waals surface area contributed by atoms with E-state index in [0.717, 1.165) is 0 Å². The lowest BCUT2D eigenvalue weighted by Gasteiger charge is -2.48. The van der Waals surface area contributed by atoms with Crippen LogP contribution < -0.4 is 9.47 Å². The van der Waals surface area contributed by atoms with Gasteiger partial charge in [0.2, 0.25) is 5.76 Å². The molecule has 8 heteroatoms. The summed E-state index contributed by atoms with van der Waals surface area (Å²) in [7, 11) is 5.91. The summed E-state index contributed by atoms with van der Waals surface area (Å²) in [4.78, 5) is 0. The smallest absolute Gasteiger partial charge is 0.251 e. The van der Waals surface area contributed by atoms with Gasteiger partial charge in [-0.3, -0.25) is 0 Å². The molecule has 0 spiro atoms. The molecule has 0 saturated carbocycles. The van der Waals surface area contributed by atoms with Crippen LogP contribution in [0.25, 0.3) is 11.3 Å². The third kappa shape index (κ3) is 2.25. The molecule has 2 aromatic rings. The highest BCUT2D eigenvalue weighted by Crippen LogP contribution is 2.60. The molecule has 0 aliphatic heterocycles. The van der Waals surface area contributed by atoms with Crippen molar-refractivity contribution in [1.29, 1.82) is 0 Å². The summed E-state index contributed by atoms with van der Waals surface area (Å²) >= 11 is 0. The molecule has 0 radical (unpaired) electrons. The summed E-state index contributed by atoms with van der Waals surface area (Å²) in [5, 5.41) is 27.9. The minimum Gasteiger partial charge on any atom is -0.497 e. The fourth-order valence-electron chi connectivity index (χ4n) is 4.31. The van der Waals surface area contributed by atoms with E-state index in [1.807, 2.05) is 0 Å². The van der Waals surface area contributed by atoms with Gasteiger partial charge < -0.3 is 33.7 Å². The van der Waals surface area contributed by atoms with Crippen LogP contribution in [-0.2, 0) is 26.5 Å². The van der Waals surface area contributed by atoms with Crippen molar-refractivity contribution in [3.8, 4) is 22.8 Å². The largest absolute Gasteiger partial charge is 0.497 e. The quantitative estimate of drug-likeness (QED) is 0.562. The van der Waals surface area contributed by atoms with Gasteiger partial charge in [0.05, 0.1) is 25.3 Å². The molecule has 0 saturated heterocycles. The number of methoxy groups -OCH3 is 4. The van der Waals surface area contributed by atoms with Gasteiger partial charge in [0.1, 0.15) is 28.4 Å². The fourth-order valence-corrected chi connectivity index (χ4v) is 4.31. The highest BCUT2D eigenvalue weighted by Gasteiger charge is 2.62. The van der Waals surface area contributed by atoms with E-state index in [-0.39, 0.29) is 17.7 Å². The number of aromatic nitrogens is 1. The Morgan fingerprint density at radius 3 is 2.41 bits per heavy atom. The molecule has 154 valence electrons. The standard InChI is InChI=1S/C21H23NO7/c1-6-7-19(23)13-10-12(25-2)11-14(26-3)15(13)17-16-18(29-22-17)21(27-4,28-5)9-8-20(16,19)24/h6,8-11,23-24H,1,7H2,2-5H3/t19-,20+/m0/s1. The van der Waals surface area contributed by atoms with Crippen molar-refractivity contribution in [1.82, 2.24) is 5.16 Å². The fraction of sp³-hybridized carbons (Fsp3) is 0.381. The zero-order valence-electron chi connectivity index (χ0n) is 16.7. The number of hydrogen-bond acceptors (Lipinski definition) is 8. The van der Waals surface area contributed by atoms with E-state index in [4.69, 9.17) is 23.5 Å². The first kappa shape index (κ1) is 19.7. The van der Waals surface area contributed by atoms with Gasteiger partial charge >= 0.3 is 0 Å². The Labute approximate surface area is 167 Å². The van der Waals surface area contributed by atoms with Gasteiger partial charge in [-0.05, 0) is 18.2 Å². The maximum atomic E-state index is 11.9. The molecule has 2 aliphatic rings. The molecule has 2 atom stereocenters. The summed E-state index contributed by atoms with van der Waals surface area (Å²) < 4.78 is 27.6. The van der Waals surface area contributed by atoms with Crippen LogP contribution in [0.1, 0.15) is 23.3 Å². The minimum atomic E-state index is -1.88. The van der Waals surface area contributed by atoms with Crippen LogP contribution in [0.15, 0.2) is 41.5 Å². The van der Waals surface area contributed by atoms with E-state index in [1.54, 1.807) is 12.1 Å². The van der Waals surface area contributed by atoms with Gasteiger partial charge in [-0.25, -0.2) is 0 Å². The summed E-state index contributed by atoms with van der Waals surface area (Å²) in [6.45, 7) is 3.76. The normalized spacial score (nSPS) is 25.9.